The molecular formula is C17H26O. The van der Waals surface area contributed by atoms with E-state index < -0.39 is 0 Å². The number of ketones is 1. The summed E-state index contributed by atoms with van der Waals surface area (Å²) in [6.45, 7) is 9.08. The Bertz CT molecular complexity index is 334. The molecule has 1 nitrogen and oxygen atoms in total. The van der Waals surface area contributed by atoms with Crippen LogP contribution in [0.15, 0.2) is 12.2 Å². The fourth-order valence-electron chi connectivity index (χ4n) is 5.06. The summed E-state index contributed by atoms with van der Waals surface area (Å²) in [5.41, 5.74) is 1.45. The van der Waals surface area contributed by atoms with Gasteiger partial charge in [-0.1, -0.05) is 38.8 Å². The van der Waals surface area contributed by atoms with Crippen LogP contribution in [0.5, 0.6) is 0 Å². The van der Waals surface area contributed by atoms with Crippen LogP contribution in [0.25, 0.3) is 0 Å². The molecule has 0 aromatic rings. The van der Waals surface area contributed by atoms with Crippen LogP contribution in [-0.2, 0) is 4.79 Å². The Labute approximate surface area is 111 Å². The van der Waals surface area contributed by atoms with E-state index in [4.69, 9.17) is 0 Å². The van der Waals surface area contributed by atoms with Gasteiger partial charge in [0.1, 0.15) is 5.78 Å². The first-order valence-electron chi connectivity index (χ1n) is 7.83. The van der Waals surface area contributed by atoms with Crippen LogP contribution < -0.4 is 0 Å². The van der Waals surface area contributed by atoms with Crippen molar-refractivity contribution in [2.45, 2.75) is 52.4 Å². The number of carbonyl (C=O) groups excluding carboxylic acids is 1. The molecule has 0 aromatic heterocycles. The summed E-state index contributed by atoms with van der Waals surface area (Å²) < 4.78 is 0. The first-order valence-corrected chi connectivity index (χ1v) is 7.83. The molecule has 3 aliphatic carbocycles. The van der Waals surface area contributed by atoms with Gasteiger partial charge in [-0.2, -0.15) is 0 Å². The Morgan fingerprint density at radius 1 is 0.889 bits per heavy atom. The third kappa shape index (κ3) is 1.70. The van der Waals surface area contributed by atoms with Crippen molar-refractivity contribution < 1.29 is 4.79 Å². The molecule has 0 spiro atoms. The Kier molecular flexibility index (Phi) is 3.11. The maximum atomic E-state index is 12.9. The number of rotatable bonds is 0. The summed E-state index contributed by atoms with van der Waals surface area (Å²) in [4.78, 5) is 12.9. The predicted octanol–water partition coefficient (Wildman–Crippen LogP) is 4.23. The predicted molar refractivity (Wildman–Crippen MR) is 74.1 cm³/mol. The van der Waals surface area contributed by atoms with Gasteiger partial charge in [0, 0.05) is 11.8 Å². The van der Waals surface area contributed by atoms with Crippen LogP contribution in [0.4, 0.5) is 0 Å². The standard InChI is InChI=1S/C17H26O/c1-10-8-9-11(2)16-15(10)12(3)13-6-4-5-7-14(13)17(16)18/h10-11,13-16H,3-9H2,1-2H3. The molecule has 6 unspecified atom stereocenters. The zero-order valence-electron chi connectivity index (χ0n) is 11.8. The lowest BCUT2D eigenvalue weighted by Crippen LogP contribution is -2.49. The highest BCUT2D eigenvalue weighted by Gasteiger charge is 2.51. The SMILES string of the molecule is C=C1C2CCCCC2C(=O)C2C(C)CCC(C)C12. The topological polar surface area (TPSA) is 17.1 Å². The van der Waals surface area contributed by atoms with E-state index >= 15 is 0 Å². The average molecular weight is 246 g/mol. The smallest absolute Gasteiger partial charge is 0.140 e. The van der Waals surface area contributed by atoms with Gasteiger partial charge in [-0.15, -0.1) is 0 Å². The summed E-state index contributed by atoms with van der Waals surface area (Å²) >= 11 is 0. The number of hydrogen-bond donors (Lipinski definition) is 0. The zero-order valence-corrected chi connectivity index (χ0v) is 11.8. The molecule has 100 valence electrons. The molecule has 3 fully saturated rings. The first kappa shape index (κ1) is 12.4. The van der Waals surface area contributed by atoms with E-state index in [1.165, 1.54) is 37.7 Å². The van der Waals surface area contributed by atoms with Gasteiger partial charge >= 0.3 is 0 Å². The van der Waals surface area contributed by atoms with Crippen LogP contribution >= 0.6 is 0 Å². The Morgan fingerprint density at radius 2 is 1.44 bits per heavy atom. The van der Waals surface area contributed by atoms with Crippen LogP contribution in [0.2, 0.25) is 0 Å². The summed E-state index contributed by atoms with van der Waals surface area (Å²) in [5, 5.41) is 0. The van der Waals surface area contributed by atoms with E-state index in [0.717, 1.165) is 6.42 Å². The number of hydrogen-bond acceptors (Lipinski definition) is 1. The van der Waals surface area contributed by atoms with Gasteiger partial charge in [-0.3, -0.25) is 4.79 Å². The molecule has 3 saturated carbocycles. The van der Waals surface area contributed by atoms with Gasteiger partial charge < -0.3 is 0 Å². The lowest BCUT2D eigenvalue weighted by atomic mass is 9.52. The van der Waals surface area contributed by atoms with Gasteiger partial charge in [0.05, 0.1) is 0 Å². The Balaban J connectivity index is 1.95. The van der Waals surface area contributed by atoms with Crippen LogP contribution in [0, 0.1) is 35.5 Å². The fourth-order valence-corrected chi connectivity index (χ4v) is 5.06. The normalized spacial score (nSPS) is 48.6. The minimum atomic E-state index is 0.306. The second-order valence-electron chi connectivity index (χ2n) is 7.06. The minimum absolute atomic E-state index is 0.306. The first-order chi connectivity index (χ1) is 8.61. The van der Waals surface area contributed by atoms with E-state index in [-0.39, 0.29) is 0 Å². The Hall–Kier alpha value is -0.590. The lowest BCUT2D eigenvalue weighted by molar-refractivity contribution is -0.138. The molecule has 0 N–H and O–H groups in total. The van der Waals surface area contributed by atoms with E-state index in [0.29, 0.717) is 41.3 Å². The van der Waals surface area contributed by atoms with Gasteiger partial charge in [0.25, 0.3) is 0 Å². The number of Topliss-reactive ketones (excluding diaryl/α,β-unsaturated/α-hetero) is 1. The van der Waals surface area contributed by atoms with Crippen molar-refractivity contribution in [3.05, 3.63) is 12.2 Å². The highest BCUT2D eigenvalue weighted by atomic mass is 16.1. The van der Waals surface area contributed by atoms with Crippen LogP contribution in [-0.4, -0.2) is 5.78 Å². The maximum Gasteiger partial charge on any atom is 0.140 e. The zero-order chi connectivity index (χ0) is 12.9. The molecule has 18 heavy (non-hydrogen) atoms. The number of carbonyl (C=O) groups is 1. The fraction of sp³-hybridized carbons (Fsp3) is 0.824. The molecule has 0 aromatic carbocycles. The lowest BCUT2D eigenvalue weighted by Gasteiger charge is -2.51. The highest BCUT2D eigenvalue weighted by Crippen LogP contribution is 2.53. The molecule has 3 rings (SSSR count). The molecule has 0 bridgehead atoms. The van der Waals surface area contributed by atoms with Crippen molar-refractivity contribution in [3.8, 4) is 0 Å². The van der Waals surface area contributed by atoms with E-state index in [2.05, 4.69) is 20.4 Å². The number of allylic oxidation sites excluding steroid dienone is 1. The molecule has 3 aliphatic rings. The monoisotopic (exact) mass is 246 g/mol. The van der Waals surface area contributed by atoms with Crippen LogP contribution in [0.3, 0.4) is 0 Å². The highest BCUT2D eigenvalue weighted by molar-refractivity contribution is 5.86. The average Bonchev–Trinajstić information content (AvgIpc) is 2.38. The van der Waals surface area contributed by atoms with Crippen molar-refractivity contribution in [3.63, 3.8) is 0 Å². The van der Waals surface area contributed by atoms with E-state index in [1.54, 1.807) is 0 Å². The van der Waals surface area contributed by atoms with Gasteiger partial charge in [0.2, 0.25) is 0 Å². The van der Waals surface area contributed by atoms with E-state index in [9.17, 15) is 4.79 Å². The third-order valence-electron chi connectivity index (χ3n) is 6.05. The quantitative estimate of drug-likeness (QED) is 0.585. The van der Waals surface area contributed by atoms with E-state index in [1.807, 2.05) is 0 Å². The number of fused-ring (bicyclic) bond motifs is 2. The summed E-state index contributed by atoms with van der Waals surface area (Å²) in [6.07, 6.45) is 7.42. The third-order valence-corrected chi connectivity index (χ3v) is 6.05. The van der Waals surface area contributed by atoms with Crippen molar-refractivity contribution >= 4 is 5.78 Å². The molecular weight excluding hydrogens is 220 g/mol. The largest absolute Gasteiger partial charge is 0.299 e. The Morgan fingerprint density at radius 3 is 2.11 bits per heavy atom. The molecule has 6 atom stereocenters. The summed E-state index contributed by atoms with van der Waals surface area (Å²) in [5.74, 6) is 3.53. The minimum Gasteiger partial charge on any atom is -0.299 e. The molecule has 0 aliphatic heterocycles. The van der Waals surface area contributed by atoms with Crippen molar-refractivity contribution in [2.75, 3.05) is 0 Å². The molecule has 0 heterocycles. The summed E-state index contributed by atoms with van der Waals surface area (Å²) in [6, 6.07) is 0. The molecule has 0 radical (unpaired) electrons. The van der Waals surface area contributed by atoms with Gasteiger partial charge in [-0.25, -0.2) is 0 Å². The van der Waals surface area contributed by atoms with Crippen molar-refractivity contribution in [1.82, 2.24) is 0 Å². The second kappa shape index (κ2) is 4.51. The van der Waals surface area contributed by atoms with Crippen LogP contribution in [0.1, 0.15) is 52.4 Å². The summed E-state index contributed by atoms with van der Waals surface area (Å²) in [7, 11) is 0. The second-order valence-corrected chi connectivity index (χ2v) is 7.06. The van der Waals surface area contributed by atoms with Crippen molar-refractivity contribution in [1.29, 1.82) is 0 Å². The van der Waals surface area contributed by atoms with Gasteiger partial charge in [-0.05, 0) is 49.4 Å². The molecule has 0 amide bonds. The molecule has 0 saturated heterocycles. The van der Waals surface area contributed by atoms with Crippen molar-refractivity contribution in [2.24, 2.45) is 35.5 Å². The maximum absolute atomic E-state index is 12.9. The van der Waals surface area contributed by atoms with Gasteiger partial charge in [0.15, 0.2) is 0 Å². The molecule has 1 heteroatoms.